The van der Waals surface area contributed by atoms with E-state index in [9.17, 15) is 13.2 Å². The van der Waals surface area contributed by atoms with Gasteiger partial charge < -0.3 is 10.1 Å². The fourth-order valence-electron chi connectivity index (χ4n) is 3.16. The molecule has 1 aliphatic carbocycles. The first-order valence-electron chi connectivity index (χ1n) is 7.34. The Morgan fingerprint density at radius 1 is 1.20 bits per heavy atom. The summed E-state index contributed by atoms with van der Waals surface area (Å²) >= 11 is 0. The van der Waals surface area contributed by atoms with Crippen LogP contribution in [-0.2, 0) is 19.6 Å². The lowest BCUT2D eigenvalue weighted by atomic mass is 9.89. The van der Waals surface area contributed by atoms with Crippen LogP contribution in [0.1, 0.15) is 38.5 Å². The fourth-order valence-corrected chi connectivity index (χ4v) is 5.16. The molecule has 0 radical (unpaired) electrons. The van der Waals surface area contributed by atoms with Gasteiger partial charge in [-0.3, -0.25) is 4.79 Å². The second kappa shape index (κ2) is 6.87. The van der Waals surface area contributed by atoms with Gasteiger partial charge in [0.15, 0.2) is 0 Å². The van der Waals surface area contributed by atoms with Crippen LogP contribution >= 0.6 is 0 Å². The minimum Gasteiger partial charge on any atom is -0.469 e. The molecule has 0 aromatic rings. The molecule has 2 fully saturated rings. The Kier molecular flexibility index (Phi) is 5.40. The smallest absolute Gasteiger partial charge is 0.310 e. The summed E-state index contributed by atoms with van der Waals surface area (Å²) in [6, 6.07) is -0.0611. The zero-order chi connectivity index (χ0) is 14.6. The van der Waals surface area contributed by atoms with Crippen molar-refractivity contribution in [3.05, 3.63) is 0 Å². The summed E-state index contributed by atoms with van der Waals surface area (Å²) in [6.45, 7) is 1.60. The maximum atomic E-state index is 12.5. The van der Waals surface area contributed by atoms with Crippen molar-refractivity contribution in [2.45, 2.75) is 49.8 Å². The second-order valence-corrected chi connectivity index (χ2v) is 7.59. The molecule has 0 amide bonds. The van der Waals surface area contributed by atoms with Crippen LogP contribution in [0.25, 0.3) is 0 Å². The first-order valence-corrected chi connectivity index (χ1v) is 8.89. The molecule has 2 N–H and O–H groups in total. The Hall–Kier alpha value is -0.660. The number of sulfonamides is 1. The maximum absolute atomic E-state index is 12.5. The van der Waals surface area contributed by atoms with Crippen molar-refractivity contribution in [3.63, 3.8) is 0 Å². The molecule has 3 atom stereocenters. The molecule has 2 aliphatic rings. The molecule has 0 aromatic heterocycles. The molecule has 0 bridgehead atoms. The predicted molar refractivity (Wildman–Crippen MR) is 75.7 cm³/mol. The lowest BCUT2D eigenvalue weighted by Crippen LogP contribution is -2.51. The van der Waals surface area contributed by atoms with Crippen LogP contribution in [0.15, 0.2) is 0 Å². The van der Waals surface area contributed by atoms with Crippen molar-refractivity contribution in [1.82, 2.24) is 10.0 Å². The van der Waals surface area contributed by atoms with Crippen LogP contribution < -0.4 is 10.0 Å². The van der Waals surface area contributed by atoms with Gasteiger partial charge in [-0.05, 0) is 32.2 Å². The van der Waals surface area contributed by atoms with Gasteiger partial charge in [0, 0.05) is 12.6 Å². The molecule has 7 heteroatoms. The molecule has 20 heavy (non-hydrogen) atoms. The average molecular weight is 304 g/mol. The number of piperidine rings is 1. The van der Waals surface area contributed by atoms with Crippen molar-refractivity contribution < 1.29 is 17.9 Å². The Labute approximate surface area is 120 Å². The van der Waals surface area contributed by atoms with E-state index >= 15 is 0 Å². The first-order chi connectivity index (χ1) is 9.54. The third-order valence-electron chi connectivity index (χ3n) is 4.23. The molecular formula is C13H24N2O4S. The SMILES string of the molecule is COC(=O)C1CCCCC1S(=O)(=O)N[C@H]1CCCNC1. The third-order valence-corrected chi connectivity index (χ3v) is 6.26. The van der Waals surface area contributed by atoms with Crippen molar-refractivity contribution in [2.24, 2.45) is 5.92 Å². The van der Waals surface area contributed by atoms with Crippen LogP contribution in [0.3, 0.4) is 0 Å². The Morgan fingerprint density at radius 3 is 2.60 bits per heavy atom. The van der Waals surface area contributed by atoms with Crippen molar-refractivity contribution in [3.8, 4) is 0 Å². The summed E-state index contributed by atoms with van der Waals surface area (Å²) in [5.74, 6) is -0.926. The topological polar surface area (TPSA) is 84.5 Å². The van der Waals surface area contributed by atoms with Gasteiger partial charge in [-0.2, -0.15) is 0 Å². The minimum atomic E-state index is -3.48. The zero-order valence-electron chi connectivity index (χ0n) is 11.9. The molecular weight excluding hydrogens is 280 g/mol. The monoisotopic (exact) mass is 304 g/mol. The molecule has 1 aliphatic heterocycles. The van der Waals surface area contributed by atoms with Gasteiger partial charge in [-0.25, -0.2) is 13.1 Å². The number of nitrogens with one attached hydrogen (secondary N) is 2. The summed E-state index contributed by atoms with van der Waals surface area (Å²) in [6.07, 6.45) is 4.69. The van der Waals surface area contributed by atoms with E-state index < -0.39 is 27.2 Å². The van der Waals surface area contributed by atoms with E-state index in [-0.39, 0.29) is 6.04 Å². The number of esters is 1. The van der Waals surface area contributed by atoms with Gasteiger partial charge in [0.05, 0.1) is 18.3 Å². The molecule has 6 nitrogen and oxygen atoms in total. The molecule has 1 heterocycles. The third kappa shape index (κ3) is 3.71. The zero-order valence-corrected chi connectivity index (χ0v) is 12.7. The van der Waals surface area contributed by atoms with Gasteiger partial charge in [0.2, 0.25) is 10.0 Å². The summed E-state index contributed by atoms with van der Waals surface area (Å²) in [5.41, 5.74) is 0. The lowest BCUT2D eigenvalue weighted by molar-refractivity contribution is -0.146. The molecule has 0 spiro atoms. The molecule has 116 valence electrons. The molecule has 2 unspecified atom stereocenters. The normalized spacial score (nSPS) is 31.8. The molecule has 1 saturated carbocycles. The van der Waals surface area contributed by atoms with Crippen molar-refractivity contribution >= 4 is 16.0 Å². The van der Waals surface area contributed by atoms with Gasteiger partial charge in [0.25, 0.3) is 0 Å². The Morgan fingerprint density at radius 2 is 1.95 bits per heavy atom. The highest BCUT2D eigenvalue weighted by Gasteiger charge is 2.41. The van der Waals surface area contributed by atoms with E-state index in [0.29, 0.717) is 19.4 Å². The van der Waals surface area contributed by atoms with Crippen LogP contribution in [0, 0.1) is 5.92 Å². The number of methoxy groups -OCH3 is 1. The van der Waals surface area contributed by atoms with Crippen molar-refractivity contribution in [2.75, 3.05) is 20.2 Å². The van der Waals surface area contributed by atoms with E-state index in [1.807, 2.05) is 0 Å². The quantitative estimate of drug-likeness (QED) is 0.734. The number of carbonyl (C=O) groups is 1. The number of hydrogen-bond acceptors (Lipinski definition) is 5. The fraction of sp³-hybridized carbons (Fsp3) is 0.923. The van der Waals surface area contributed by atoms with E-state index in [0.717, 1.165) is 32.2 Å². The summed E-state index contributed by atoms with van der Waals surface area (Å²) in [5, 5.41) is 2.54. The second-order valence-electron chi connectivity index (χ2n) is 5.66. The van der Waals surface area contributed by atoms with E-state index in [1.54, 1.807) is 0 Å². The summed E-state index contributed by atoms with van der Waals surface area (Å²) in [7, 11) is -2.16. The molecule has 1 saturated heterocycles. The minimum absolute atomic E-state index is 0.0611. The van der Waals surface area contributed by atoms with Crippen LogP contribution in [0.4, 0.5) is 0 Å². The molecule has 0 aromatic carbocycles. The van der Waals surface area contributed by atoms with Crippen molar-refractivity contribution in [1.29, 1.82) is 0 Å². The van der Waals surface area contributed by atoms with Crippen LogP contribution in [0.2, 0.25) is 0 Å². The van der Waals surface area contributed by atoms with E-state index in [1.165, 1.54) is 7.11 Å². The lowest BCUT2D eigenvalue weighted by Gasteiger charge is -2.32. The van der Waals surface area contributed by atoms with Gasteiger partial charge in [-0.15, -0.1) is 0 Å². The number of carbonyl (C=O) groups excluding carboxylic acids is 1. The Balaban J connectivity index is 2.06. The maximum Gasteiger partial charge on any atom is 0.310 e. The highest BCUT2D eigenvalue weighted by Crippen LogP contribution is 2.30. The van der Waals surface area contributed by atoms with E-state index in [2.05, 4.69) is 10.0 Å². The van der Waals surface area contributed by atoms with Gasteiger partial charge in [-0.1, -0.05) is 12.8 Å². The van der Waals surface area contributed by atoms with Gasteiger partial charge >= 0.3 is 5.97 Å². The van der Waals surface area contributed by atoms with Crippen LogP contribution in [0.5, 0.6) is 0 Å². The average Bonchev–Trinajstić information content (AvgIpc) is 2.47. The van der Waals surface area contributed by atoms with Crippen LogP contribution in [-0.4, -0.2) is 45.9 Å². The van der Waals surface area contributed by atoms with E-state index in [4.69, 9.17) is 4.74 Å². The highest BCUT2D eigenvalue weighted by atomic mass is 32.2. The highest BCUT2D eigenvalue weighted by molar-refractivity contribution is 7.90. The largest absolute Gasteiger partial charge is 0.469 e. The predicted octanol–water partition coefficient (Wildman–Crippen LogP) is 0.390. The Bertz CT molecular complexity index is 432. The van der Waals surface area contributed by atoms with Gasteiger partial charge in [0.1, 0.15) is 0 Å². The molecule has 2 rings (SSSR count). The number of hydrogen-bond donors (Lipinski definition) is 2. The summed E-state index contributed by atoms with van der Waals surface area (Å²) in [4.78, 5) is 11.8. The standard InChI is InChI=1S/C13H24N2O4S/c1-19-13(16)11-6-2-3-7-12(11)20(17,18)15-10-5-4-8-14-9-10/h10-12,14-15H,2-9H2,1H3/t10-,11?,12?/m0/s1. The number of rotatable bonds is 4. The summed E-state index contributed by atoms with van der Waals surface area (Å²) < 4.78 is 32.6. The number of ether oxygens (including phenoxy) is 1. The first kappa shape index (κ1) is 15.7.